The Morgan fingerprint density at radius 2 is 2.30 bits per heavy atom. The number of rotatable bonds is 7. The Bertz CT molecular complexity index is 622. The number of thiazole rings is 1. The molecule has 0 aliphatic heterocycles. The maximum atomic E-state index is 11.8. The van der Waals surface area contributed by atoms with E-state index in [1.165, 1.54) is 24.2 Å². The van der Waals surface area contributed by atoms with Crippen molar-refractivity contribution in [1.82, 2.24) is 20.0 Å². The first-order valence-electron chi connectivity index (χ1n) is 7.91. The van der Waals surface area contributed by atoms with E-state index >= 15 is 0 Å². The van der Waals surface area contributed by atoms with Crippen molar-refractivity contribution >= 4 is 22.4 Å². The number of hydrogen-bond donors (Lipinski definition) is 1. The van der Waals surface area contributed by atoms with Crippen molar-refractivity contribution in [2.75, 3.05) is 18.9 Å². The lowest BCUT2D eigenvalue weighted by molar-refractivity contribution is -0.116. The van der Waals surface area contributed by atoms with E-state index in [1.807, 2.05) is 17.3 Å². The quantitative estimate of drug-likeness (QED) is 0.837. The van der Waals surface area contributed by atoms with Gasteiger partial charge in [0.05, 0.1) is 6.54 Å². The fourth-order valence-electron chi connectivity index (χ4n) is 2.75. The number of carbonyl (C=O) groups excluding carboxylic acids is 1. The Labute approximate surface area is 139 Å². The predicted octanol–water partition coefficient (Wildman–Crippen LogP) is 2.64. The van der Waals surface area contributed by atoms with E-state index in [0.29, 0.717) is 36.4 Å². The maximum absolute atomic E-state index is 11.8. The van der Waals surface area contributed by atoms with Crippen LogP contribution in [0.3, 0.4) is 0 Å². The van der Waals surface area contributed by atoms with Crippen LogP contribution in [0.2, 0.25) is 0 Å². The lowest BCUT2D eigenvalue weighted by Gasteiger charge is -2.13. The van der Waals surface area contributed by atoms with Crippen molar-refractivity contribution in [3.63, 3.8) is 0 Å². The van der Waals surface area contributed by atoms with Gasteiger partial charge in [0.25, 0.3) is 0 Å². The first-order valence-corrected chi connectivity index (χ1v) is 8.79. The van der Waals surface area contributed by atoms with Crippen LogP contribution >= 0.6 is 11.3 Å². The number of nitrogens with one attached hydrogen (secondary N) is 1. The summed E-state index contributed by atoms with van der Waals surface area (Å²) in [6.07, 6.45) is 6.86. The third kappa shape index (κ3) is 4.59. The van der Waals surface area contributed by atoms with E-state index in [9.17, 15) is 4.79 Å². The van der Waals surface area contributed by atoms with Gasteiger partial charge in [-0.25, -0.2) is 4.98 Å². The maximum Gasteiger partial charge on any atom is 0.229 e. The summed E-state index contributed by atoms with van der Waals surface area (Å²) in [5.41, 5.74) is 0. The van der Waals surface area contributed by atoms with E-state index in [1.54, 1.807) is 6.20 Å². The van der Waals surface area contributed by atoms with Gasteiger partial charge in [-0.05, 0) is 19.9 Å². The highest BCUT2D eigenvalue weighted by atomic mass is 32.1. The zero-order valence-electron chi connectivity index (χ0n) is 13.2. The molecule has 23 heavy (non-hydrogen) atoms. The van der Waals surface area contributed by atoms with Crippen LogP contribution in [0.4, 0.5) is 5.13 Å². The molecule has 2 aromatic heterocycles. The molecule has 1 N–H and O–H groups in total. The summed E-state index contributed by atoms with van der Waals surface area (Å²) in [5.74, 6) is 1.86. The number of hydrogen-bond acceptors (Lipinski definition) is 7. The van der Waals surface area contributed by atoms with Crippen molar-refractivity contribution in [3.05, 3.63) is 23.3 Å². The highest BCUT2D eigenvalue weighted by Crippen LogP contribution is 2.32. The van der Waals surface area contributed by atoms with Crippen LogP contribution in [0.15, 0.2) is 16.1 Å². The van der Waals surface area contributed by atoms with E-state index < -0.39 is 0 Å². The second kappa shape index (κ2) is 7.65. The Morgan fingerprint density at radius 1 is 1.48 bits per heavy atom. The van der Waals surface area contributed by atoms with Crippen molar-refractivity contribution in [2.45, 2.75) is 44.6 Å². The monoisotopic (exact) mass is 335 g/mol. The van der Waals surface area contributed by atoms with E-state index in [2.05, 4.69) is 20.4 Å². The first-order chi connectivity index (χ1) is 11.2. The molecule has 0 unspecified atom stereocenters. The Kier molecular flexibility index (Phi) is 5.35. The summed E-state index contributed by atoms with van der Waals surface area (Å²) in [7, 11) is 1.95. The lowest BCUT2D eigenvalue weighted by atomic mass is 10.1. The summed E-state index contributed by atoms with van der Waals surface area (Å²) in [4.78, 5) is 22.4. The minimum Gasteiger partial charge on any atom is -0.339 e. The van der Waals surface area contributed by atoms with Crippen LogP contribution < -0.4 is 5.32 Å². The fourth-order valence-corrected chi connectivity index (χ4v) is 3.30. The van der Waals surface area contributed by atoms with Crippen molar-refractivity contribution in [2.24, 2.45) is 0 Å². The minimum absolute atomic E-state index is 0.0356. The molecule has 0 aromatic carbocycles. The third-order valence-electron chi connectivity index (χ3n) is 4.00. The zero-order valence-corrected chi connectivity index (χ0v) is 14.0. The molecule has 1 aliphatic rings. The largest absolute Gasteiger partial charge is 0.339 e. The Morgan fingerprint density at radius 3 is 3.04 bits per heavy atom. The molecule has 2 aromatic rings. The summed E-state index contributed by atoms with van der Waals surface area (Å²) in [6, 6.07) is 0. The number of aromatic nitrogens is 3. The molecule has 8 heteroatoms. The van der Waals surface area contributed by atoms with Crippen LogP contribution in [0.1, 0.15) is 49.7 Å². The normalized spacial score (nSPS) is 15.4. The molecule has 0 bridgehead atoms. The molecular formula is C15H21N5O2S. The molecule has 1 amide bonds. The van der Waals surface area contributed by atoms with Gasteiger partial charge in [-0.1, -0.05) is 18.0 Å². The summed E-state index contributed by atoms with van der Waals surface area (Å²) in [5, 5.41) is 9.30. The van der Waals surface area contributed by atoms with Gasteiger partial charge in [0.1, 0.15) is 0 Å². The molecule has 0 radical (unpaired) electrons. The van der Waals surface area contributed by atoms with Gasteiger partial charge >= 0.3 is 0 Å². The minimum atomic E-state index is -0.0356. The number of carbonyl (C=O) groups is 1. The van der Waals surface area contributed by atoms with Crippen molar-refractivity contribution in [3.8, 4) is 0 Å². The van der Waals surface area contributed by atoms with Crippen molar-refractivity contribution < 1.29 is 9.32 Å². The lowest BCUT2D eigenvalue weighted by Crippen LogP contribution is -2.24. The molecule has 0 atom stereocenters. The number of amides is 1. The standard InChI is InChI=1S/C15H21N5O2S/c1-20(8-6-13(21)18-15-16-7-9-23-15)10-12-17-14(22-19-12)11-4-2-3-5-11/h7,9,11H,2-6,8,10H2,1H3,(H,16,18,21). The molecule has 3 rings (SSSR count). The zero-order chi connectivity index (χ0) is 16.1. The molecular weight excluding hydrogens is 314 g/mol. The van der Waals surface area contributed by atoms with Gasteiger partial charge in [0.2, 0.25) is 11.8 Å². The number of anilines is 1. The van der Waals surface area contributed by atoms with E-state index in [4.69, 9.17) is 4.52 Å². The molecule has 2 heterocycles. The molecule has 7 nitrogen and oxygen atoms in total. The van der Waals surface area contributed by atoms with Crippen molar-refractivity contribution in [1.29, 1.82) is 0 Å². The average molecular weight is 335 g/mol. The first kappa shape index (κ1) is 16.1. The van der Waals surface area contributed by atoms with E-state index in [-0.39, 0.29) is 5.91 Å². The van der Waals surface area contributed by atoms with Crippen LogP contribution in [0, 0.1) is 0 Å². The molecule has 0 saturated heterocycles. The highest BCUT2D eigenvalue weighted by molar-refractivity contribution is 7.13. The van der Waals surface area contributed by atoms with Crippen LogP contribution in [-0.2, 0) is 11.3 Å². The van der Waals surface area contributed by atoms with Gasteiger partial charge in [-0.15, -0.1) is 11.3 Å². The second-order valence-corrected chi connectivity index (χ2v) is 6.80. The smallest absolute Gasteiger partial charge is 0.229 e. The topological polar surface area (TPSA) is 84.2 Å². The van der Waals surface area contributed by atoms with Gasteiger partial charge in [-0.3, -0.25) is 9.69 Å². The molecule has 124 valence electrons. The van der Waals surface area contributed by atoms with Crippen LogP contribution in [0.25, 0.3) is 0 Å². The highest BCUT2D eigenvalue weighted by Gasteiger charge is 2.23. The third-order valence-corrected chi connectivity index (χ3v) is 4.69. The summed E-state index contributed by atoms with van der Waals surface area (Å²) in [6.45, 7) is 1.21. The Hall–Kier alpha value is -1.80. The second-order valence-electron chi connectivity index (χ2n) is 5.90. The van der Waals surface area contributed by atoms with Gasteiger partial charge < -0.3 is 9.84 Å². The molecule has 0 spiro atoms. The summed E-state index contributed by atoms with van der Waals surface area (Å²) < 4.78 is 5.37. The SMILES string of the molecule is CN(CCC(=O)Nc1nccs1)Cc1noc(C2CCCC2)n1. The van der Waals surface area contributed by atoms with Crippen LogP contribution in [0.5, 0.6) is 0 Å². The van der Waals surface area contributed by atoms with Gasteiger partial charge in [-0.2, -0.15) is 4.98 Å². The molecule has 1 aliphatic carbocycles. The fraction of sp³-hybridized carbons (Fsp3) is 0.600. The van der Waals surface area contributed by atoms with E-state index in [0.717, 1.165) is 18.7 Å². The molecule has 1 saturated carbocycles. The van der Waals surface area contributed by atoms with Gasteiger partial charge in [0, 0.05) is 30.5 Å². The van der Waals surface area contributed by atoms with Crippen LogP contribution in [-0.4, -0.2) is 39.5 Å². The van der Waals surface area contributed by atoms with Gasteiger partial charge in [0.15, 0.2) is 11.0 Å². The average Bonchev–Trinajstić information content (AvgIpc) is 3.27. The Balaban J connectivity index is 1.42. The number of nitrogens with zero attached hydrogens (tertiary/aromatic N) is 4. The molecule has 1 fully saturated rings. The predicted molar refractivity (Wildman–Crippen MR) is 87.2 cm³/mol. The summed E-state index contributed by atoms with van der Waals surface area (Å²) >= 11 is 1.41.